The second-order valence-corrected chi connectivity index (χ2v) is 5.44. The maximum Gasteiger partial charge on any atom is 0.326 e. The van der Waals surface area contributed by atoms with E-state index in [4.69, 9.17) is 0 Å². The second-order valence-electron chi connectivity index (χ2n) is 5.44. The highest BCUT2D eigenvalue weighted by Gasteiger charge is 2.26. The number of carboxylic acid groups (broad SMARTS) is 1. The van der Waals surface area contributed by atoms with Crippen LogP contribution in [0.5, 0.6) is 0 Å². The molecule has 1 unspecified atom stereocenters. The normalized spacial score (nSPS) is 12.6. The highest BCUT2D eigenvalue weighted by Crippen LogP contribution is 2.15. The van der Waals surface area contributed by atoms with Crippen LogP contribution in [0, 0.1) is 19.8 Å². The highest BCUT2D eigenvalue weighted by atomic mass is 16.4. The van der Waals surface area contributed by atoms with Gasteiger partial charge in [0.1, 0.15) is 17.4 Å². The van der Waals surface area contributed by atoms with Crippen LogP contribution in [-0.4, -0.2) is 32.4 Å². The van der Waals surface area contributed by atoms with E-state index in [1.54, 1.807) is 25.2 Å². The summed E-state index contributed by atoms with van der Waals surface area (Å²) in [6, 6.07) is 4.63. The van der Waals surface area contributed by atoms with Crippen LogP contribution < -0.4 is 5.32 Å². The number of carboxylic acids is 1. The first kappa shape index (κ1) is 15.0. The van der Waals surface area contributed by atoms with Crippen molar-refractivity contribution in [3.05, 3.63) is 35.3 Å². The van der Waals surface area contributed by atoms with Gasteiger partial charge in [-0.2, -0.15) is 0 Å². The van der Waals surface area contributed by atoms with Crippen molar-refractivity contribution in [2.75, 3.05) is 0 Å². The predicted octanol–water partition coefficient (Wildman–Crippen LogP) is 1.79. The van der Waals surface area contributed by atoms with Gasteiger partial charge in [0, 0.05) is 5.69 Å². The Kier molecular flexibility index (Phi) is 3.97. The molecule has 1 atom stereocenters. The molecule has 0 aliphatic carbocycles. The molecule has 0 radical (unpaired) electrons. The Morgan fingerprint density at radius 1 is 1.29 bits per heavy atom. The molecule has 0 aromatic carbocycles. The van der Waals surface area contributed by atoms with E-state index in [0.717, 1.165) is 5.69 Å². The molecule has 0 aliphatic heterocycles. The maximum atomic E-state index is 12.5. The van der Waals surface area contributed by atoms with E-state index in [-0.39, 0.29) is 5.92 Å². The number of carbonyl (C=O) groups is 2. The summed E-state index contributed by atoms with van der Waals surface area (Å²) < 4.78 is 1.74. The van der Waals surface area contributed by atoms with Gasteiger partial charge >= 0.3 is 5.97 Å². The van der Waals surface area contributed by atoms with E-state index >= 15 is 0 Å². The summed E-state index contributed by atoms with van der Waals surface area (Å²) in [5.41, 5.74) is 2.51. The van der Waals surface area contributed by atoms with Gasteiger partial charge < -0.3 is 10.4 Å². The topological polar surface area (TPSA) is 83.7 Å². The Morgan fingerprint density at radius 3 is 2.52 bits per heavy atom. The van der Waals surface area contributed by atoms with Gasteiger partial charge in [-0.05, 0) is 31.9 Å². The number of aryl methyl sites for hydroxylation is 2. The number of fused-ring (bicyclic) bond motifs is 1. The van der Waals surface area contributed by atoms with Crippen molar-refractivity contribution in [2.24, 2.45) is 5.92 Å². The molecule has 0 bridgehead atoms. The Labute approximate surface area is 122 Å². The van der Waals surface area contributed by atoms with Gasteiger partial charge in [-0.1, -0.05) is 19.9 Å². The fourth-order valence-corrected chi connectivity index (χ4v) is 2.36. The molecule has 2 aromatic rings. The molecule has 0 aliphatic rings. The van der Waals surface area contributed by atoms with E-state index < -0.39 is 17.9 Å². The van der Waals surface area contributed by atoms with Gasteiger partial charge in [-0.25, -0.2) is 9.78 Å². The van der Waals surface area contributed by atoms with Crippen LogP contribution in [0.3, 0.4) is 0 Å². The van der Waals surface area contributed by atoms with Crippen LogP contribution in [0.1, 0.15) is 35.7 Å². The number of nitrogens with one attached hydrogen (secondary N) is 1. The van der Waals surface area contributed by atoms with E-state index in [9.17, 15) is 14.7 Å². The molecule has 112 valence electrons. The third-order valence-corrected chi connectivity index (χ3v) is 3.45. The standard InChI is InChI=1S/C15H19N3O3/c1-8(2)12(15(20)21)17-14(19)13-10(4)16-11-7-5-6-9(3)18(11)13/h5-8,12H,1-4H3,(H,17,19)(H,20,21). The summed E-state index contributed by atoms with van der Waals surface area (Å²) in [4.78, 5) is 28.0. The number of hydrogen-bond donors (Lipinski definition) is 2. The van der Waals surface area contributed by atoms with Crippen molar-refractivity contribution < 1.29 is 14.7 Å². The largest absolute Gasteiger partial charge is 0.480 e. The predicted molar refractivity (Wildman–Crippen MR) is 78.4 cm³/mol. The fraction of sp³-hybridized carbons (Fsp3) is 0.400. The van der Waals surface area contributed by atoms with Crippen LogP contribution in [0.2, 0.25) is 0 Å². The second kappa shape index (κ2) is 5.55. The molecule has 2 rings (SSSR count). The zero-order valence-corrected chi connectivity index (χ0v) is 12.5. The van der Waals surface area contributed by atoms with Crippen molar-refractivity contribution in [1.29, 1.82) is 0 Å². The number of aliphatic carboxylic acids is 1. The molecule has 2 aromatic heterocycles. The van der Waals surface area contributed by atoms with Crippen molar-refractivity contribution in [1.82, 2.24) is 14.7 Å². The molecule has 2 N–H and O–H groups in total. The minimum absolute atomic E-state index is 0.202. The molecule has 21 heavy (non-hydrogen) atoms. The molecule has 0 spiro atoms. The third kappa shape index (κ3) is 2.74. The van der Waals surface area contributed by atoms with Crippen molar-refractivity contribution >= 4 is 17.5 Å². The van der Waals surface area contributed by atoms with Crippen molar-refractivity contribution in [3.63, 3.8) is 0 Å². The molecular formula is C15H19N3O3. The van der Waals surface area contributed by atoms with Crippen LogP contribution in [0.15, 0.2) is 18.2 Å². The molecule has 0 saturated heterocycles. The molecule has 6 nitrogen and oxygen atoms in total. The number of hydrogen-bond acceptors (Lipinski definition) is 3. The molecule has 2 heterocycles. The monoisotopic (exact) mass is 289 g/mol. The first-order chi connectivity index (χ1) is 9.82. The first-order valence-corrected chi connectivity index (χ1v) is 6.81. The number of carbonyl (C=O) groups excluding carboxylic acids is 1. The molecular weight excluding hydrogens is 270 g/mol. The molecule has 6 heteroatoms. The molecule has 0 fully saturated rings. The van der Waals surface area contributed by atoms with Crippen molar-refractivity contribution in [2.45, 2.75) is 33.7 Å². The van der Waals surface area contributed by atoms with Crippen LogP contribution in [0.25, 0.3) is 5.65 Å². The minimum atomic E-state index is -1.04. The summed E-state index contributed by atoms with van der Waals surface area (Å²) in [5, 5.41) is 11.8. The number of nitrogens with zero attached hydrogens (tertiary/aromatic N) is 2. The van der Waals surface area contributed by atoms with E-state index in [0.29, 0.717) is 17.0 Å². The van der Waals surface area contributed by atoms with Gasteiger partial charge in [-0.15, -0.1) is 0 Å². The number of amides is 1. The average Bonchev–Trinajstić information content (AvgIpc) is 2.72. The summed E-state index contributed by atoms with van der Waals surface area (Å²) in [6.07, 6.45) is 0. The SMILES string of the molecule is Cc1nc2cccc(C)n2c1C(=O)NC(C(=O)O)C(C)C. The first-order valence-electron chi connectivity index (χ1n) is 6.81. The lowest BCUT2D eigenvalue weighted by molar-refractivity contribution is -0.140. The zero-order valence-electron chi connectivity index (χ0n) is 12.5. The van der Waals surface area contributed by atoms with Gasteiger partial charge in [-0.3, -0.25) is 9.20 Å². The zero-order chi connectivity index (χ0) is 15.7. The van der Waals surface area contributed by atoms with Crippen LogP contribution in [-0.2, 0) is 4.79 Å². The smallest absolute Gasteiger partial charge is 0.326 e. The number of pyridine rings is 1. The minimum Gasteiger partial charge on any atom is -0.480 e. The van der Waals surface area contributed by atoms with E-state index in [1.165, 1.54) is 0 Å². The summed E-state index contributed by atoms with van der Waals surface area (Å²) in [7, 11) is 0. The van der Waals surface area contributed by atoms with Gasteiger partial charge in [0.05, 0.1) is 5.69 Å². The maximum absolute atomic E-state index is 12.5. The van der Waals surface area contributed by atoms with Crippen LogP contribution in [0.4, 0.5) is 0 Å². The molecule has 0 saturated carbocycles. The van der Waals surface area contributed by atoms with Gasteiger partial charge in [0.2, 0.25) is 0 Å². The summed E-state index contributed by atoms with van der Waals surface area (Å²) in [5.74, 6) is -1.66. The number of rotatable bonds is 4. The van der Waals surface area contributed by atoms with Gasteiger partial charge in [0.25, 0.3) is 5.91 Å². The summed E-state index contributed by atoms with van der Waals surface area (Å²) >= 11 is 0. The van der Waals surface area contributed by atoms with E-state index in [1.807, 2.05) is 25.1 Å². The fourth-order valence-electron chi connectivity index (χ4n) is 2.36. The quantitative estimate of drug-likeness (QED) is 0.898. The van der Waals surface area contributed by atoms with Crippen molar-refractivity contribution in [3.8, 4) is 0 Å². The highest BCUT2D eigenvalue weighted by molar-refractivity contribution is 5.97. The Bertz CT molecular complexity index is 703. The molecule has 1 amide bonds. The van der Waals surface area contributed by atoms with Gasteiger partial charge in [0.15, 0.2) is 0 Å². The lowest BCUT2D eigenvalue weighted by atomic mass is 10.0. The lowest BCUT2D eigenvalue weighted by Gasteiger charge is -2.18. The summed E-state index contributed by atoms with van der Waals surface area (Å²) in [6.45, 7) is 7.13. The Balaban J connectivity index is 2.44. The van der Waals surface area contributed by atoms with E-state index in [2.05, 4.69) is 10.3 Å². The Morgan fingerprint density at radius 2 is 1.95 bits per heavy atom. The number of imidazole rings is 1. The Hall–Kier alpha value is -2.37. The number of aromatic nitrogens is 2. The third-order valence-electron chi connectivity index (χ3n) is 3.45. The average molecular weight is 289 g/mol. The lowest BCUT2D eigenvalue weighted by Crippen LogP contribution is -2.44. The van der Waals surface area contributed by atoms with Crippen LogP contribution >= 0.6 is 0 Å².